The molecule has 250 valence electrons. The van der Waals surface area contributed by atoms with Gasteiger partial charge in [-0.15, -0.1) is 0 Å². The van der Waals surface area contributed by atoms with Gasteiger partial charge in [-0.1, -0.05) is 87.9 Å². The molecule has 9 heteroatoms. The number of hydrogen-bond donors (Lipinski definition) is 4. The van der Waals surface area contributed by atoms with Crippen LogP contribution in [0.4, 0.5) is 4.79 Å². The first-order chi connectivity index (χ1) is 22.0. The van der Waals surface area contributed by atoms with E-state index in [0.29, 0.717) is 30.8 Å². The summed E-state index contributed by atoms with van der Waals surface area (Å²) in [5.74, 6) is -0.426. The van der Waals surface area contributed by atoms with Crippen LogP contribution in [0.25, 0.3) is 0 Å². The molecule has 0 radical (unpaired) electrons. The second-order valence-electron chi connectivity index (χ2n) is 14.4. The van der Waals surface area contributed by atoms with E-state index >= 15 is 0 Å². The molecule has 1 heterocycles. The molecule has 2 aromatic carbocycles. The van der Waals surface area contributed by atoms with Crippen molar-refractivity contribution in [1.29, 1.82) is 0 Å². The third kappa shape index (κ3) is 8.06. The van der Waals surface area contributed by atoms with Crippen molar-refractivity contribution < 1.29 is 24.2 Å². The van der Waals surface area contributed by atoms with Crippen LogP contribution in [0.1, 0.15) is 107 Å². The minimum Gasteiger partial charge on any atom is -0.440 e. The fraction of sp³-hybridized carbons (Fsp3) is 0.595. The lowest BCUT2D eigenvalue weighted by Crippen LogP contribution is -2.60. The maximum Gasteiger partial charge on any atom is 0.408 e. The lowest BCUT2D eigenvalue weighted by atomic mass is 9.76. The van der Waals surface area contributed by atoms with Crippen molar-refractivity contribution >= 4 is 29.5 Å². The number of aliphatic hydroxyl groups excluding tert-OH is 1. The quantitative estimate of drug-likeness (QED) is 0.215. The highest BCUT2D eigenvalue weighted by Gasteiger charge is 2.42. The van der Waals surface area contributed by atoms with Crippen LogP contribution < -0.4 is 16.0 Å². The highest BCUT2D eigenvalue weighted by molar-refractivity contribution is 6.30. The van der Waals surface area contributed by atoms with Crippen molar-refractivity contribution in [2.75, 3.05) is 13.2 Å². The minimum atomic E-state index is -1.28. The Bertz CT molecular complexity index is 1410. The standard InChI is InChI=1S/C37H50ClN3O5/c1-36(2,29-13-8-14-30(38)21-29)32(27-16-15-25-11-7-12-26(25)19-27)46-35(45)41-37(3,22-24-9-5-4-6-10-24)34(44)40-31(23-42)20-28-17-18-39-33(28)43/h8,13-16,19,21,24,28,31-32,42H,4-7,9-12,17-18,20,22-23H2,1-3H3,(H,39,43)(H,40,44)(H,41,45)/t28-,31-,32?,37+/m0/s1. The number of amides is 3. The SMILES string of the molecule is CC(C)(c1cccc(Cl)c1)C(OC(=O)N[C@](C)(CC1CCCCC1)C(=O)N[C@H](CO)C[C@@H]1CCNC1=O)c1ccc2c(c1)CCC2. The van der Waals surface area contributed by atoms with Crippen molar-refractivity contribution in [3.05, 3.63) is 69.7 Å². The normalized spacial score (nSPS) is 21.1. The summed E-state index contributed by atoms with van der Waals surface area (Å²) in [6, 6.07) is 13.4. The van der Waals surface area contributed by atoms with E-state index in [1.54, 1.807) is 6.92 Å². The predicted molar refractivity (Wildman–Crippen MR) is 180 cm³/mol. The Morgan fingerprint density at radius 3 is 2.48 bits per heavy atom. The van der Waals surface area contributed by atoms with Crippen LogP contribution in [-0.4, -0.2) is 47.7 Å². The number of nitrogens with one attached hydrogen (secondary N) is 3. The maximum atomic E-state index is 14.0. The molecule has 5 rings (SSSR count). The number of aryl methyl sites for hydroxylation is 2. The highest BCUT2D eigenvalue weighted by atomic mass is 35.5. The number of hydrogen-bond acceptors (Lipinski definition) is 5. The molecule has 1 saturated carbocycles. The summed E-state index contributed by atoms with van der Waals surface area (Å²) < 4.78 is 6.37. The van der Waals surface area contributed by atoms with E-state index in [-0.39, 0.29) is 30.3 Å². The molecule has 3 aliphatic rings. The predicted octanol–water partition coefficient (Wildman–Crippen LogP) is 6.31. The van der Waals surface area contributed by atoms with Crippen LogP contribution in [0.5, 0.6) is 0 Å². The van der Waals surface area contributed by atoms with Gasteiger partial charge < -0.3 is 25.8 Å². The van der Waals surface area contributed by atoms with E-state index in [2.05, 4.69) is 28.1 Å². The Kier molecular flexibility index (Phi) is 11.0. The fourth-order valence-corrected chi connectivity index (χ4v) is 7.89. The molecular formula is C37H50ClN3O5. The molecule has 1 aliphatic heterocycles. The summed E-state index contributed by atoms with van der Waals surface area (Å²) in [7, 11) is 0. The Labute approximate surface area is 278 Å². The molecular weight excluding hydrogens is 602 g/mol. The zero-order valence-electron chi connectivity index (χ0n) is 27.5. The molecule has 4 atom stereocenters. The maximum absolute atomic E-state index is 14.0. The zero-order valence-corrected chi connectivity index (χ0v) is 28.3. The first-order valence-corrected chi connectivity index (χ1v) is 17.4. The Balaban J connectivity index is 1.40. The fourth-order valence-electron chi connectivity index (χ4n) is 7.70. The van der Waals surface area contributed by atoms with Crippen LogP contribution in [0.3, 0.4) is 0 Å². The molecule has 3 amide bonds. The monoisotopic (exact) mass is 651 g/mol. The highest BCUT2D eigenvalue weighted by Crippen LogP contribution is 2.42. The van der Waals surface area contributed by atoms with Gasteiger partial charge in [-0.3, -0.25) is 9.59 Å². The molecule has 0 aromatic heterocycles. The van der Waals surface area contributed by atoms with Gasteiger partial charge in [0, 0.05) is 22.9 Å². The van der Waals surface area contributed by atoms with Crippen molar-refractivity contribution in [3.8, 4) is 0 Å². The van der Waals surface area contributed by atoms with Crippen molar-refractivity contribution in [3.63, 3.8) is 0 Å². The topological polar surface area (TPSA) is 117 Å². The Morgan fingerprint density at radius 1 is 1.02 bits per heavy atom. The summed E-state index contributed by atoms with van der Waals surface area (Å²) in [6.45, 7) is 6.14. The van der Waals surface area contributed by atoms with Crippen LogP contribution in [0, 0.1) is 11.8 Å². The van der Waals surface area contributed by atoms with Gasteiger partial charge in [0.25, 0.3) is 0 Å². The second-order valence-corrected chi connectivity index (χ2v) is 14.9. The van der Waals surface area contributed by atoms with E-state index < -0.39 is 29.2 Å². The van der Waals surface area contributed by atoms with E-state index in [1.165, 1.54) is 17.5 Å². The molecule has 46 heavy (non-hydrogen) atoms. The first-order valence-electron chi connectivity index (χ1n) is 17.0. The van der Waals surface area contributed by atoms with Gasteiger partial charge in [-0.2, -0.15) is 0 Å². The molecule has 0 spiro atoms. The summed E-state index contributed by atoms with van der Waals surface area (Å²) in [4.78, 5) is 40.2. The van der Waals surface area contributed by atoms with Crippen molar-refractivity contribution in [2.24, 2.45) is 11.8 Å². The lowest BCUT2D eigenvalue weighted by molar-refractivity contribution is -0.130. The molecule has 8 nitrogen and oxygen atoms in total. The molecule has 4 N–H and O–H groups in total. The van der Waals surface area contributed by atoms with Gasteiger partial charge >= 0.3 is 6.09 Å². The van der Waals surface area contributed by atoms with Gasteiger partial charge in [0.1, 0.15) is 11.6 Å². The van der Waals surface area contributed by atoms with Crippen LogP contribution in [0.15, 0.2) is 42.5 Å². The number of benzene rings is 2. The first kappa shape index (κ1) is 34.2. The molecule has 0 bridgehead atoms. The summed E-state index contributed by atoms with van der Waals surface area (Å²) in [5.41, 5.74) is 2.50. The number of aliphatic hydroxyl groups is 1. The second kappa shape index (κ2) is 14.8. The van der Waals surface area contributed by atoms with E-state index in [1.807, 2.05) is 44.2 Å². The third-order valence-electron chi connectivity index (χ3n) is 10.5. The van der Waals surface area contributed by atoms with Gasteiger partial charge in [0.05, 0.1) is 12.6 Å². The number of halogens is 1. The molecule has 1 saturated heterocycles. The van der Waals surface area contributed by atoms with Crippen LogP contribution >= 0.6 is 11.6 Å². The summed E-state index contributed by atoms with van der Waals surface area (Å²) in [6.07, 6.45) is 8.62. The average molecular weight is 652 g/mol. The Morgan fingerprint density at radius 2 is 1.78 bits per heavy atom. The lowest BCUT2D eigenvalue weighted by Gasteiger charge is -2.38. The molecule has 1 unspecified atom stereocenters. The van der Waals surface area contributed by atoms with Crippen LogP contribution in [0.2, 0.25) is 5.02 Å². The van der Waals surface area contributed by atoms with Gasteiger partial charge in [-0.05, 0) is 85.8 Å². The van der Waals surface area contributed by atoms with Gasteiger partial charge in [-0.25, -0.2) is 4.79 Å². The number of alkyl carbamates (subject to hydrolysis) is 1. The van der Waals surface area contributed by atoms with E-state index in [4.69, 9.17) is 16.3 Å². The number of ether oxygens (including phenoxy) is 1. The van der Waals surface area contributed by atoms with Gasteiger partial charge in [0.15, 0.2) is 0 Å². The minimum absolute atomic E-state index is 0.0562. The Hall–Kier alpha value is -3.10. The number of carbonyl (C=O) groups is 3. The molecule has 2 aliphatic carbocycles. The summed E-state index contributed by atoms with van der Waals surface area (Å²) >= 11 is 6.41. The smallest absolute Gasteiger partial charge is 0.408 e. The molecule has 2 aromatic rings. The number of rotatable bonds is 12. The number of carbonyl (C=O) groups excluding carboxylic acids is 3. The van der Waals surface area contributed by atoms with Crippen molar-refractivity contribution in [1.82, 2.24) is 16.0 Å². The number of fused-ring (bicyclic) bond motifs is 1. The van der Waals surface area contributed by atoms with Crippen LogP contribution in [-0.2, 0) is 32.6 Å². The zero-order chi connectivity index (χ0) is 32.9. The third-order valence-corrected chi connectivity index (χ3v) is 10.7. The average Bonchev–Trinajstić information content (AvgIpc) is 3.67. The van der Waals surface area contributed by atoms with Crippen molar-refractivity contribution in [2.45, 2.75) is 114 Å². The largest absolute Gasteiger partial charge is 0.440 e. The van der Waals surface area contributed by atoms with E-state index in [9.17, 15) is 19.5 Å². The van der Waals surface area contributed by atoms with E-state index in [0.717, 1.165) is 56.1 Å². The summed E-state index contributed by atoms with van der Waals surface area (Å²) in [5, 5.41) is 19.5. The van der Waals surface area contributed by atoms with Gasteiger partial charge in [0.2, 0.25) is 11.8 Å². The molecule has 2 fully saturated rings.